The molecule has 62 valence electrons. The molecule has 2 spiro atoms. The first-order chi connectivity index (χ1) is 5.12. The van der Waals surface area contributed by atoms with Crippen molar-refractivity contribution < 1.29 is 28.4 Å². The molecule has 0 saturated carbocycles. The molecule has 0 aliphatic carbocycles. The fourth-order valence-electron chi connectivity index (χ4n) is 1.05. The lowest BCUT2D eigenvalue weighted by Crippen LogP contribution is -2.35. The molecule has 0 N–H and O–H groups in total. The Morgan fingerprint density at radius 3 is 1.82 bits per heavy atom. The maximum Gasteiger partial charge on any atom is 0.597 e. The van der Waals surface area contributed by atoms with E-state index in [0.717, 1.165) is 0 Å². The summed E-state index contributed by atoms with van der Waals surface area (Å²) in [5.41, 5.74) is 0. The van der Waals surface area contributed by atoms with Gasteiger partial charge in [0, 0.05) is 0 Å². The Morgan fingerprint density at radius 2 is 1.55 bits per heavy atom. The Morgan fingerprint density at radius 1 is 0.909 bits per heavy atom. The first-order valence-corrected chi connectivity index (χ1v) is 4.95. The minimum atomic E-state index is -2.56. The lowest BCUT2D eigenvalue weighted by Gasteiger charge is -2.11. The van der Waals surface area contributed by atoms with Crippen molar-refractivity contribution in [2.75, 3.05) is 0 Å². The van der Waals surface area contributed by atoms with Crippen molar-refractivity contribution in [1.29, 1.82) is 0 Å². The van der Waals surface area contributed by atoms with Crippen molar-refractivity contribution in [1.82, 2.24) is 0 Å². The molecule has 3 aliphatic heterocycles. The van der Waals surface area contributed by atoms with E-state index in [4.69, 9.17) is 18.6 Å². The molecular formula is C4H6O6Si. The molecule has 0 aromatic carbocycles. The molecule has 0 aromatic rings. The highest BCUT2D eigenvalue weighted by Gasteiger charge is 2.90. The number of rotatable bonds is 0. The summed E-state index contributed by atoms with van der Waals surface area (Å²) in [6, 6.07) is 0. The first kappa shape index (κ1) is 6.49. The van der Waals surface area contributed by atoms with Gasteiger partial charge in [-0.05, 0) is 13.8 Å². The standard InChI is InChI=1S/C4H6O6Si/c1-3(2)4(5-6-4)7-8-11(3)9-10-11/h1-2H3. The highest BCUT2D eigenvalue weighted by molar-refractivity contribution is 6.69. The lowest BCUT2D eigenvalue weighted by atomic mass is 10.2. The third kappa shape index (κ3) is 0.519. The molecule has 11 heavy (non-hydrogen) atoms. The Bertz CT molecular complexity index is 197. The van der Waals surface area contributed by atoms with Gasteiger partial charge in [0.2, 0.25) is 0 Å². The van der Waals surface area contributed by atoms with Crippen LogP contribution in [0.3, 0.4) is 0 Å². The van der Waals surface area contributed by atoms with Crippen molar-refractivity contribution in [2.45, 2.75) is 24.9 Å². The van der Waals surface area contributed by atoms with Gasteiger partial charge in [-0.15, -0.1) is 0 Å². The van der Waals surface area contributed by atoms with Crippen LogP contribution in [0.25, 0.3) is 0 Å². The summed E-state index contributed by atoms with van der Waals surface area (Å²) in [6.07, 6.45) is 0. The van der Waals surface area contributed by atoms with E-state index in [0.29, 0.717) is 0 Å². The third-order valence-electron chi connectivity index (χ3n) is 2.26. The van der Waals surface area contributed by atoms with Crippen molar-refractivity contribution >= 4 is 8.80 Å². The number of hydrogen-bond acceptors (Lipinski definition) is 6. The number of hydrogen-bond donors (Lipinski definition) is 0. The summed E-state index contributed by atoms with van der Waals surface area (Å²) in [5, 5.41) is -0.486. The van der Waals surface area contributed by atoms with Crippen LogP contribution in [0.5, 0.6) is 0 Å². The van der Waals surface area contributed by atoms with E-state index < -0.39 is 19.8 Å². The van der Waals surface area contributed by atoms with Gasteiger partial charge in [-0.3, -0.25) is 0 Å². The summed E-state index contributed by atoms with van der Waals surface area (Å²) in [4.78, 5) is 14.2. The fourth-order valence-corrected chi connectivity index (χ4v) is 2.76. The maximum absolute atomic E-state index is 4.89. The van der Waals surface area contributed by atoms with E-state index in [1.807, 2.05) is 13.8 Å². The second-order valence-electron chi connectivity index (χ2n) is 3.24. The van der Waals surface area contributed by atoms with Crippen molar-refractivity contribution in [3.63, 3.8) is 0 Å². The molecule has 3 heterocycles. The van der Waals surface area contributed by atoms with E-state index >= 15 is 0 Å². The molecule has 7 heteroatoms. The van der Waals surface area contributed by atoms with Crippen LogP contribution in [-0.2, 0) is 28.4 Å². The van der Waals surface area contributed by atoms with Crippen LogP contribution in [-0.4, -0.2) is 14.8 Å². The quantitative estimate of drug-likeness (QED) is 0.301. The van der Waals surface area contributed by atoms with Crippen LogP contribution in [0.1, 0.15) is 13.8 Å². The molecule has 0 aromatic heterocycles. The van der Waals surface area contributed by atoms with Gasteiger partial charge in [0.1, 0.15) is 5.04 Å². The zero-order chi connectivity index (χ0) is 7.74. The van der Waals surface area contributed by atoms with Crippen LogP contribution in [0, 0.1) is 0 Å². The van der Waals surface area contributed by atoms with Gasteiger partial charge in [0.15, 0.2) is 0 Å². The topological polar surface area (TPSA) is 68.6 Å². The highest BCUT2D eigenvalue weighted by atomic mass is 28.4. The average molecular weight is 178 g/mol. The van der Waals surface area contributed by atoms with E-state index in [1.165, 1.54) is 0 Å². The second-order valence-corrected chi connectivity index (χ2v) is 6.10. The molecule has 0 unspecified atom stereocenters. The van der Waals surface area contributed by atoms with Crippen LogP contribution in [0.4, 0.5) is 0 Å². The average Bonchev–Trinajstić information content (AvgIpc) is 2.81. The van der Waals surface area contributed by atoms with Gasteiger partial charge in [-0.1, -0.05) is 0 Å². The van der Waals surface area contributed by atoms with Gasteiger partial charge in [-0.2, -0.15) is 14.7 Å². The monoisotopic (exact) mass is 178 g/mol. The van der Waals surface area contributed by atoms with Crippen LogP contribution in [0.2, 0.25) is 5.04 Å². The second kappa shape index (κ2) is 1.40. The zero-order valence-electron chi connectivity index (χ0n) is 5.95. The SMILES string of the molecule is CC1(C)C2(OO2)OO[Si]12OO2. The summed E-state index contributed by atoms with van der Waals surface area (Å²) >= 11 is 0. The van der Waals surface area contributed by atoms with Gasteiger partial charge in [-0.25, -0.2) is 13.7 Å². The summed E-state index contributed by atoms with van der Waals surface area (Å²) < 4.78 is 14.4. The van der Waals surface area contributed by atoms with E-state index in [1.54, 1.807) is 0 Å². The maximum atomic E-state index is 4.89. The molecule has 6 nitrogen and oxygen atoms in total. The molecule has 0 radical (unpaired) electrons. The van der Waals surface area contributed by atoms with Crippen LogP contribution >= 0.6 is 0 Å². The summed E-state index contributed by atoms with van der Waals surface area (Å²) in [7, 11) is -2.56. The van der Waals surface area contributed by atoms with Gasteiger partial charge in [0.25, 0.3) is 0 Å². The van der Waals surface area contributed by atoms with Crippen molar-refractivity contribution in [3.05, 3.63) is 0 Å². The Kier molecular flexibility index (Phi) is 0.825. The van der Waals surface area contributed by atoms with E-state index in [-0.39, 0.29) is 0 Å². The van der Waals surface area contributed by atoms with Crippen molar-refractivity contribution in [2.24, 2.45) is 0 Å². The molecule has 3 fully saturated rings. The Hall–Kier alpha value is -0.0231. The Balaban J connectivity index is 2.03. The minimum absolute atomic E-state index is 0.486. The molecule has 0 amide bonds. The van der Waals surface area contributed by atoms with Crippen LogP contribution in [0.15, 0.2) is 0 Å². The predicted octanol–water partition coefficient (Wildman–Crippen LogP) is 0.245. The Labute approximate surface area is 63.0 Å². The fraction of sp³-hybridized carbons (Fsp3) is 1.00. The first-order valence-electron chi connectivity index (χ1n) is 3.22. The zero-order valence-corrected chi connectivity index (χ0v) is 6.95. The van der Waals surface area contributed by atoms with Crippen molar-refractivity contribution in [3.8, 4) is 0 Å². The predicted molar refractivity (Wildman–Crippen MR) is 29.0 cm³/mol. The lowest BCUT2D eigenvalue weighted by molar-refractivity contribution is -0.282. The van der Waals surface area contributed by atoms with E-state index in [2.05, 4.69) is 9.78 Å². The molecular weight excluding hydrogens is 172 g/mol. The molecule has 3 saturated heterocycles. The molecule has 3 rings (SSSR count). The summed E-state index contributed by atoms with van der Waals surface area (Å²) in [6.45, 7) is 3.71. The molecule has 0 bridgehead atoms. The van der Waals surface area contributed by atoms with E-state index in [9.17, 15) is 0 Å². The largest absolute Gasteiger partial charge is 0.597 e. The normalized spacial score (nSPS) is 39.8. The summed E-state index contributed by atoms with van der Waals surface area (Å²) in [5.74, 6) is -1.07. The van der Waals surface area contributed by atoms with Gasteiger partial charge < -0.3 is 0 Å². The third-order valence-corrected chi connectivity index (χ3v) is 4.87. The van der Waals surface area contributed by atoms with Gasteiger partial charge >= 0.3 is 14.8 Å². The van der Waals surface area contributed by atoms with Gasteiger partial charge in [0.05, 0.1) is 0 Å². The molecule has 3 aliphatic rings. The smallest absolute Gasteiger partial charge is 0.223 e. The minimum Gasteiger partial charge on any atom is -0.223 e. The molecule has 0 atom stereocenters. The van der Waals surface area contributed by atoms with Crippen LogP contribution < -0.4 is 0 Å². The highest BCUT2D eigenvalue weighted by Crippen LogP contribution is 2.67.